The number of ether oxygens (including phenoxy) is 3. The summed E-state index contributed by atoms with van der Waals surface area (Å²) in [5.74, 6) is -2.70. The molecule has 13 nitrogen and oxygen atoms in total. The number of esters is 2. The SMILES string of the molecule is C=C(NC(=O)c1csc(CNC(=O)OC(C)(C)C)n1)C(=O)N[C@H](C(=O)O[C@H](/C=C/CCSC(=O)CCCCCCC)CC(=O)OCC[Si](C)(C)C)C(C)C. The van der Waals surface area contributed by atoms with E-state index < -0.39 is 61.6 Å². The zero-order valence-electron chi connectivity index (χ0n) is 33.6. The summed E-state index contributed by atoms with van der Waals surface area (Å²) in [4.78, 5) is 80.4. The number of rotatable bonds is 24. The summed E-state index contributed by atoms with van der Waals surface area (Å²) in [6.45, 7) is 21.3. The van der Waals surface area contributed by atoms with Crippen molar-refractivity contribution in [3.05, 3.63) is 40.5 Å². The number of carbonyl (C=O) groups is 6. The molecular weight excluding hydrogens is 749 g/mol. The molecule has 54 heavy (non-hydrogen) atoms. The Morgan fingerprint density at radius 2 is 1.74 bits per heavy atom. The fourth-order valence-electron chi connectivity index (χ4n) is 4.44. The Morgan fingerprint density at radius 1 is 1.06 bits per heavy atom. The Labute approximate surface area is 330 Å². The summed E-state index contributed by atoms with van der Waals surface area (Å²) >= 11 is 2.40. The van der Waals surface area contributed by atoms with Crippen molar-refractivity contribution in [1.29, 1.82) is 0 Å². The van der Waals surface area contributed by atoms with E-state index in [9.17, 15) is 28.8 Å². The van der Waals surface area contributed by atoms with Gasteiger partial charge in [-0.15, -0.1) is 11.3 Å². The van der Waals surface area contributed by atoms with Gasteiger partial charge in [0.1, 0.15) is 28.4 Å². The van der Waals surface area contributed by atoms with E-state index in [-0.39, 0.29) is 36.1 Å². The molecule has 1 rings (SSSR count). The monoisotopic (exact) mass is 810 g/mol. The Balaban J connectivity index is 2.84. The van der Waals surface area contributed by atoms with Gasteiger partial charge in [0.25, 0.3) is 11.8 Å². The van der Waals surface area contributed by atoms with Crippen molar-refractivity contribution in [1.82, 2.24) is 20.9 Å². The molecule has 0 aromatic carbocycles. The Kier molecular flexibility index (Phi) is 22.3. The molecule has 16 heteroatoms. The van der Waals surface area contributed by atoms with Crippen LogP contribution in [0.2, 0.25) is 25.7 Å². The van der Waals surface area contributed by atoms with Crippen LogP contribution in [0.4, 0.5) is 4.79 Å². The second-order valence-corrected chi connectivity index (χ2v) is 23.1. The number of nitrogens with zero attached hydrogens (tertiary/aromatic N) is 1. The lowest BCUT2D eigenvalue weighted by atomic mass is 10.0. The third-order valence-corrected chi connectivity index (χ3v) is 11.0. The van der Waals surface area contributed by atoms with Gasteiger partial charge < -0.3 is 30.2 Å². The van der Waals surface area contributed by atoms with Gasteiger partial charge in [-0.05, 0) is 51.7 Å². The lowest BCUT2D eigenvalue weighted by molar-refractivity contribution is -0.156. The van der Waals surface area contributed by atoms with Crippen LogP contribution >= 0.6 is 23.1 Å². The second-order valence-electron chi connectivity index (χ2n) is 15.4. The molecule has 1 aromatic heterocycles. The third kappa shape index (κ3) is 22.7. The number of thioether (sulfide) groups is 1. The van der Waals surface area contributed by atoms with Gasteiger partial charge in [0.15, 0.2) is 5.12 Å². The van der Waals surface area contributed by atoms with E-state index in [4.69, 9.17) is 14.2 Å². The molecule has 0 fully saturated rings. The van der Waals surface area contributed by atoms with Crippen molar-refractivity contribution in [3.63, 3.8) is 0 Å². The van der Waals surface area contributed by atoms with E-state index in [2.05, 4.69) is 54.1 Å². The topological polar surface area (TPSA) is 179 Å². The van der Waals surface area contributed by atoms with Crippen LogP contribution < -0.4 is 16.0 Å². The molecule has 0 unspecified atom stereocenters. The van der Waals surface area contributed by atoms with Crippen LogP contribution in [0.1, 0.15) is 108 Å². The predicted molar refractivity (Wildman–Crippen MR) is 217 cm³/mol. The second kappa shape index (κ2) is 24.8. The number of hydrogen-bond donors (Lipinski definition) is 3. The van der Waals surface area contributed by atoms with Crippen LogP contribution in [0.15, 0.2) is 29.8 Å². The molecule has 0 saturated carbocycles. The van der Waals surface area contributed by atoms with E-state index in [1.807, 2.05) is 0 Å². The van der Waals surface area contributed by atoms with E-state index in [0.717, 1.165) is 43.1 Å². The molecule has 3 amide bonds. The van der Waals surface area contributed by atoms with Crippen molar-refractivity contribution >= 4 is 66.1 Å². The van der Waals surface area contributed by atoms with Gasteiger partial charge in [-0.25, -0.2) is 14.6 Å². The van der Waals surface area contributed by atoms with Crippen LogP contribution in [0.3, 0.4) is 0 Å². The highest BCUT2D eigenvalue weighted by molar-refractivity contribution is 8.13. The van der Waals surface area contributed by atoms with Gasteiger partial charge in [-0.2, -0.15) is 0 Å². The van der Waals surface area contributed by atoms with E-state index in [0.29, 0.717) is 23.6 Å². The summed E-state index contributed by atoms with van der Waals surface area (Å²) in [5.41, 5.74) is -0.986. The van der Waals surface area contributed by atoms with Crippen molar-refractivity contribution in [2.45, 2.75) is 143 Å². The molecule has 0 aliphatic rings. The first kappa shape index (κ1) is 48.5. The Morgan fingerprint density at radius 3 is 2.37 bits per heavy atom. The minimum absolute atomic E-state index is 0.00583. The first-order chi connectivity index (χ1) is 25.2. The van der Waals surface area contributed by atoms with Crippen LogP contribution in [0.5, 0.6) is 0 Å². The molecule has 2 atom stereocenters. The van der Waals surface area contributed by atoms with Crippen molar-refractivity contribution in [2.75, 3.05) is 12.4 Å². The number of allylic oxidation sites excluding steroid dienone is 1. The summed E-state index contributed by atoms with van der Waals surface area (Å²) in [7, 11) is -1.44. The Hall–Kier alpha value is -3.50. The van der Waals surface area contributed by atoms with Crippen molar-refractivity contribution in [3.8, 4) is 0 Å². The maximum absolute atomic E-state index is 13.4. The number of amides is 3. The number of hydrogen-bond acceptors (Lipinski definition) is 12. The van der Waals surface area contributed by atoms with Crippen LogP contribution in [-0.2, 0) is 39.9 Å². The van der Waals surface area contributed by atoms with E-state index in [1.165, 1.54) is 23.6 Å². The van der Waals surface area contributed by atoms with Gasteiger partial charge in [-0.3, -0.25) is 19.2 Å². The van der Waals surface area contributed by atoms with Crippen LogP contribution in [-0.4, -0.2) is 78.1 Å². The lowest BCUT2D eigenvalue weighted by Gasteiger charge is -2.24. The predicted octanol–water partition coefficient (Wildman–Crippen LogP) is 7.30. The van der Waals surface area contributed by atoms with Gasteiger partial charge in [0.2, 0.25) is 0 Å². The van der Waals surface area contributed by atoms with Crippen molar-refractivity contribution < 1.29 is 43.0 Å². The fraction of sp³-hybridized carbons (Fsp3) is 0.658. The molecule has 0 bridgehead atoms. The zero-order chi connectivity index (χ0) is 40.9. The molecule has 0 aliphatic heterocycles. The largest absolute Gasteiger partial charge is 0.466 e. The zero-order valence-corrected chi connectivity index (χ0v) is 36.2. The van der Waals surface area contributed by atoms with Gasteiger partial charge in [0, 0.05) is 25.6 Å². The highest BCUT2D eigenvalue weighted by atomic mass is 32.2. The summed E-state index contributed by atoms with van der Waals surface area (Å²) in [5, 5.41) is 9.58. The minimum Gasteiger partial charge on any atom is -0.466 e. The highest BCUT2D eigenvalue weighted by Gasteiger charge is 2.30. The van der Waals surface area contributed by atoms with Gasteiger partial charge >= 0.3 is 18.0 Å². The van der Waals surface area contributed by atoms with Crippen LogP contribution in [0, 0.1) is 5.92 Å². The van der Waals surface area contributed by atoms with Gasteiger partial charge in [0.05, 0.1) is 25.3 Å². The van der Waals surface area contributed by atoms with Gasteiger partial charge in [-0.1, -0.05) is 90.5 Å². The minimum atomic E-state index is -1.44. The first-order valence-corrected chi connectivity index (χ1v) is 24.2. The molecule has 0 saturated heterocycles. The summed E-state index contributed by atoms with van der Waals surface area (Å²) in [6, 6.07) is -0.347. The normalized spacial score (nSPS) is 12.9. The smallest absolute Gasteiger partial charge is 0.408 e. The summed E-state index contributed by atoms with van der Waals surface area (Å²) in [6.07, 6.45) is 8.03. The van der Waals surface area contributed by atoms with Crippen LogP contribution in [0.25, 0.3) is 0 Å². The number of alkyl carbamates (subject to hydrolysis) is 1. The quantitative estimate of drug-likeness (QED) is 0.0238. The first-order valence-electron chi connectivity index (χ1n) is 18.6. The molecule has 1 heterocycles. The number of carbonyl (C=O) groups excluding carboxylic acids is 6. The lowest BCUT2D eigenvalue weighted by Crippen LogP contribution is -2.48. The summed E-state index contributed by atoms with van der Waals surface area (Å²) < 4.78 is 16.4. The molecule has 304 valence electrons. The third-order valence-electron chi connectivity index (χ3n) is 7.45. The number of unbranched alkanes of at least 4 members (excludes halogenated alkanes) is 4. The number of thiazole rings is 1. The molecule has 0 spiro atoms. The average Bonchev–Trinajstić information content (AvgIpc) is 3.53. The van der Waals surface area contributed by atoms with E-state index in [1.54, 1.807) is 46.8 Å². The average molecular weight is 811 g/mol. The number of aromatic nitrogens is 1. The molecule has 0 aliphatic carbocycles. The Bertz CT molecular complexity index is 1430. The molecular formula is C38H62N4O9S2Si. The fourth-order valence-corrected chi connectivity index (χ4v) is 6.64. The maximum Gasteiger partial charge on any atom is 0.408 e. The highest BCUT2D eigenvalue weighted by Crippen LogP contribution is 2.16. The standard InChI is InChI=1S/C38H62N4O9S2Si/c1-11-12-13-14-15-19-32(44)52-21-17-16-18-28(23-31(43)49-20-22-54(8,9)10)50-36(47)33(26(2)3)42-34(45)27(4)40-35(46)29-25-53-30(41-29)24-39-37(48)51-38(5,6)7/h16,18,25-26,28,33H,4,11-15,17,19-24H2,1-3,5-10H3,(H,39,48)(H,40,46)(H,42,45)/b18-16+/t28-,33+/m1/s1. The molecule has 3 N–H and O–H groups in total. The maximum atomic E-state index is 13.4. The van der Waals surface area contributed by atoms with E-state index >= 15 is 0 Å². The molecule has 1 aromatic rings. The van der Waals surface area contributed by atoms with Crippen molar-refractivity contribution in [2.24, 2.45) is 5.92 Å². The number of nitrogens with one attached hydrogen (secondary N) is 3. The molecule has 0 radical (unpaired) electrons.